The summed E-state index contributed by atoms with van der Waals surface area (Å²) in [6.45, 7) is -0.494. The highest BCUT2D eigenvalue weighted by atomic mass is 32.3. The second-order valence-electron chi connectivity index (χ2n) is 4.87. The third kappa shape index (κ3) is 3.19. The Balaban J connectivity index is 2.36. The summed E-state index contributed by atoms with van der Waals surface area (Å²) < 4.78 is 39.9. The summed E-state index contributed by atoms with van der Waals surface area (Å²) in [6, 6.07) is 4.67. The largest absolute Gasteiger partial charge is 0.497 e. The Labute approximate surface area is 126 Å². The zero-order chi connectivity index (χ0) is 16.5. The molecule has 22 heavy (non-hydrogen) atoms. The third-order valence-corrected chi connectivity index (χ3v) is 4.59. The standard InChI is InChI=1S/C13H14FNO6S/c1-21-9-4-2-3-8(5-9)12(13(17)18)15-7-10(6-11(15)16)22(14,19)20/h2-5,10,12H,6-7H2,1H3,(H,17,18). The van der Waals surface area contributed by atoms with E-state index in [9.17, 15) is 27.0 Å². The van der Waals surface area contributed by atoms with Gasteiger partial charge in [0.1, 0.15) is 11.0 Å². The van der Waals surface area contributed by atoms with Gasteiger partial charge in [-0.2, -0.15) is 8.42 Å². The van der Waals surface area contributed by atoms with E-state index in [-0.39, 0.29) is 5.56 Å². The van der Waals surface area contributed by atoms with Gasteiger partial charge in [0, 0.05) is 13.0 Å². The van der Waals surface area contributed by atoms with Crippen molar-refractivity contribution in [1.29, 1.82) is 0 Å². The van der Waals surface area contributed by atoms with Crippen LogP contribution >= 0.6 is 0 Å². The lowest BCUT2D eigenvalue weighted by molar-refractivity contribution is -0.148. The van der Waals surface area contributed by atoms with Crippen LogP contribution in [0.4, 0.5) is 3.89 Å². The monoisotopic (exact) mass is 331 g/mol. The van der Waals surface area contributed by atoms with Crippen molar-refractivity contribution < 1.29 is 31.7 Å². The van der Waals surface area contributed by atoms with E-state index < -0.39 is 46.4 Å². The summed E-state index contributed by atoms with van der Waals surface area (Å²) in [4.78, 5) is 24.3. The maximum Gasteiger partial charge on any atom is 0.331 e. The van der Waals surface area contributed by atoms with Crippen LogP contribution in [0, 0.1) is 0 Å². The molecule has 0 radical (unpaired) electrons. The Morgan fingerprint density at radius 2 is 2.18 bits per heavy atom. The number of aliphatic carboxylic acids is 1. The molecule has 1 N–H and O–H groups in total. The molecule has 1 fully saturated rings. The average Bonchev–Trinajstić information content (AvgIpc) is 2.81. The van der Waals surface area contributed by atoms with Crippen molar-refractivity contribution in [3.8, 4) is 5.75 Å². The van der Waals surface area contributed by atoms with Crippen molar-refractivity contribution in [2.75, 3.05) is 13.7 Å². The summed E-state index contributed by atoms with van der Waals surface area (Å²) >= 11 is 0. The van der Waals surface area contributed by atoms with Gasteiger partial charge >= 0.3 is 16.2 Å². The molecule has 0 saturated carbocycles. The van der Waals surface area contributed by atoms with Crippen molar-refractivity contribution in [3.05, 3.63) is 29.8 Å². The molecule has 120 valence electrons. The van der Waals surface area contributed by atoms with E-state index in [4.69, 9.17) is 4.74 Å². The molecular formula is C13H14FNO6S. The highest BCUT2D eigenvalue weighted by molar-refractivity contribution is 7.87. The fourth-order valence-electron chi connectivity index (χ4n) is 2.40. The molecule has 9 heteroatoms. The Morgan fingerprint density at radius 3 is 2.68 bits per heavy atom. The first-order valence-electron chi connectivity index (χ1n) is 6.33. The van der Waals surface area contributed by atoms with Crippen molar-refractivity contribution in [2.45, 2.75) is 17.7 Å². The number of carboxylic acids is 1. The number of benzene rings is 1. The van der Waals surface area contributed by atoms with E-state index in [0.29, 0.717) is 5.75 Å². The topological polar surface area (TPSA) is 101 Å². The first-order chi connectivity index (χ1) is 10.2. The van der Waals surface area contributed by atoms with Gasteiger partial charge in [-0.15, -0.1) is 3.89 Å². The minimum Gasteiger partial charge on any atom is -0.497 e. The summed E-state index contributed by atoms with van der Waals surface area (Å²) in [6.07, 6.45) is -0.563. The number of rotatable bonds is 5. The van der Waals surface area contributed by atoms with E-state index in [1.54, 1.807) is 12.1 Å². The molecule has 0 bridgehead atoms. The quantitative estimate of drug-likeness (QED) is 0.798. The van der Waals surface area contributed by atoms with Crippen LogP contribution in [0.5, 0.6) is 5.75 Å². The van der Waals surface area contributed by atoms with Gasteiger partial charge in [-0.3, -0.25) is 4.79 Å². The van der Waals surface area contributed by atoms with Crippen LogP contribution < -0.4 is 4.74 Å². The molecule has 7 nitrogen and oxygen atoms in total. The number of ether oxygens (including phenoxy) is 1. The van der Waals surface area contributed by atoms with Crippen molar-refractivity contribution in [3.63, 3.8) is 0 Å². The number of carbonyl (C=O) groups excluding carboxylic acids is 1. The number of carbonyl (C=O) groups is 2. The predicted molar refractivity (Wildman–Crippen MR) is 73.5 cm³/mol. The van der Waals surface area contributed by atoms with Gasteiger partial charge in [-0.05, 0) is 17.7 Å². The van der Waals surface area contributed by atoms with Crippen LogP contribution in [-0.4, -0.2) is 49.2 Å². The maximum atomic E-state index is 13.1. The van der Waals surface area contributed by atoms with Crippen LogP contribution in [0.1, 0.15) is 18.0 Å². The van der Waals surface area contributed by atoms with Gasteiger partial charge < -0.3 is 14.7 Å². The van der Waals surface area contributed by atoms with E-state index >= 15 is 0 Å². The lowest BCUT2D eigenvalue weighted by atomic mass is 10.1. The van der Waals surface area contributed by atoms with E-state index in [2.05, 4.69) is 0 Å². The molecular weight excluding hydrogens is 317 g/mol. The molecule has 1 aromatic carbocycles. The molecule has 1 heterocycles. The van der Waals surface area contributed by atoms with Gasteiger partial charge in [0.05, 0.1) is 7.11 Å². The molecule has 1 aliphatic heterocycles. The van der Waals surface area contributed by atoms with E-state index in [1.807, 2.05) is 0 Å². The summed E-state index contributed by atoms with van der Waals surface area (Å²) in [5.41, 5.74) is 0.247. The van der Waals surface area contributed by atoms with Gasteiger partial charge in [0.2, 0.25) is 5.91 Å². The van der Waals surface area contributed by atoms with Gasteiger partial charge in [-0.1, -0.05) is 12.1 Å². The Hall–Kier alpha value is -2.16. The zero-order valence-corrected chi connectivity index (χ0v) is 12.4. The molecule has 2 atom stereocenters. The molecule has 0 spiro atoms. The number of carboxylic acid groups (broad SMARTS) is 1. The molecule has 0 aliphatic carbocycles. The molecule has 2 unspecified atom stereocenters. The molecule has 1 aromatic rings. The number of methoxy groups -OCH3 is 1. The number of nitrogens with zero attached hydrogens (tertiary/aromatic N) is 1. The average molecular weight is 331 g/mol. The summed E-state index contributed by atoms with van der Waals surface area (Å²) in [5.74, 6) is -1.66. The van der Waals surface area contributed by atoms with Crippen LogP contribution in [0.15, 0.2) is 24.3 Å². The van der Waals surface area contributed by atoms with Crippen LogP contribution in [0.2, 0.25) is 0 Å². The number of likely N-dealkylation sites (tertiary alicyclic amines) is 1. The van der Waals surface area contributed by atoms with Crippen LogP contribution in [-0.2, 0) is 19.8 Å². The fourth-order valence-corrected chi connectivity index (χ4v) is 3.08. The second kappa shape index (κ2) is 5.91. The fraction of sp³-hybridized carbons (Fsp3) is 0.385. The lowest BCUT2D eigenvalue weighted by Gasteiger charge is -2.25. The highest BCUT2D eigenvalue weighted by Crippen LogP contribution is 2.31. The maximum absolute atomic E-state index is 13.1. The Kier molecular flexibility index (Phi) is 4.36. The van der Waals surface area contributed by atoms with E-state index in [0.717, 1.165) is 4.90 Å². The molecule has 1 aliphatic rings. The first kappa shape index (κ1) is 16.2. The number of amides is 1. The normalized spacial score (nSPS) is 20.0. The summed E-state index contributed by atoms with van der Waals surface area (Å²) in [7, 11) is -3.50. The molecule has 1 amide bonds. The van der Waals surface area contributed by atoms with E-state index in [1.165, 1.54) is 19.2 Å². The Bertz CT molecular complexity index is 704. The summed E-state index contributed by atoms with van der Waals surface area (Å²) in [5, 5.41) is 7.84. The predicted octanol–water partition coefficient (Wildman–Crippen LogP) is 0.721. The molecule has 2 rings (SSSR count). The Morgan fingerprint density at radius 1 is 1.50 bits per heavy atom. The smallest absolute Gasteiger partial charge is 0.331 e. The minimum absolute atomic E-state index is 0.247. The SMILES string of the molecule is COc1cccc(C(C(=O)O)N2CC(S(=O)(=O)F)CC2=O)c1. The van der Waals surface area contributed by atoms with Crippen molar-refractivity contribution >= 4 is 22.1 Å². The number of halogens is 1. The molecule has 1 saturated heterocycles. The van der Waals surface area contributed by atoms with Crippen LogP contribution in [0.25, 0.3) is 0 Å². The van der Waals surface area contributed by atoms with Gasteiger partial charge in [-0.25, -0.2) is 4.79 Å². The number of hydrogen-bond donors (Lipinski definition) is 1. The minimum atomic E-state index is -4.90. The van der Waals surface area contributed by atoms with Gasteiger partial charge in [0.25, 0.3) is 0 Å². The second-order valence-corrected chi connectivity index (χ2v) is 6.48. The lowest BCUT2D eigenvalue weighted by Crippen LogP contribution is -2.36. The van der Waals surface area contributed by atoms with Gasteiger partial charge in [0.15, 0.2) is 6.04 Å². The van der Waals surface area contributed by atoms with Crippen molar-refractivity contribution in [1.82, 2.24) is 4.90 Å². The molecule has 0 aromatic heterocycles. The third-order valence-electron chi connectivity index (χ3n) is 3.48. The first-order valence-corrected chi connectivity index (χ1v) is 7.78. The van der Waals surface area contributed by atoms with Crippen molar-refractivity contribution in [2.24, 2.45) is 0 Å². The highest BCUT2D eigenvalue weighted by Gasteiger charge is 2.43. The zero-order valence-electron chi connectivity index (χ0n) is 11.6. The van der Waals surface area contributed by atoms with Crippen LogP contribution in [0.3, 0.4) is 0 Å². The number of hydrogen-bond acceptors (Lipinski definition) is 5.